The van der Waals surface area contributed by atoms with Gasteiger partial charge in [-0.2, -0.15) is 0 Å². The highest BCUT2D eigenvalue weighted by atomic mass is 32.2. The molecule has 0 atom stereocenters. The second-order valence-corrected chi connectivity index (χ2v) is 7.30. The highest BCUT2D eigenvalue weighted by molar-refractivity contribution is 8.17. The molecule has 0 aromatic heterocycles. The first-order valence-corrected chi connectivity index (χ1v) is 8.46. The molecule has 0 saturated carbocycles. The zero-order valence-electron chi connectivity index (χ0n) is 11.4. The van der Waals surface area contributed by atoms with Crippen molar-refractivity contribution in [3.05, 3.63) is 54.6 Å². The van der Waals surface area contributed by atoms with Gasteiger partial charge in [0.1, 0.15) is 5.75 Å². The van der Waals surface area contributed by atoms with Gasteiger partial charge in [0, 0.05) is 29.1 Å². The van der Waals surface area contributed by atoms with Crippen molar-refractivity contribution in [2.24, 2.45) is 0 Å². The number of benzene rings is 1. The molecule has 104 valence electrons. The molecule has 1 aliphatic heterocycles. The van der Waals surface area contributed by atoms with Crippen molar-refractivity contribution >= 4 is 23.5 Å². The number of thioether (sulfide) groups is 2. The monoisotopic (exact) mass is 302 g/mol. The van der Waals surface area contributed by atoms with Gasteiger partial charge >= 0.3 is 0 Å². The fraction of sp³-hybridized carbons (Fsp3) is 0.294. The molecule has 0 radical (unpaired) electrons. The van der Waals surface area contributed by atoms with E-state index in [-0.39, 0.29) is 4.08 Å². The lowest BCUT2D eigenvalue weighted by Crippen LogP contribution is -2.27. The maximum Gasteiger partial charge on any atom is 0.124 e. The summed E-state index contributed by atoms with van der Waals surface area (Å²) in [6, 6.07) is 6.01. The number of terminal acetylenes is 1. The molecule has 1 aliphatic rings. The minimum Gasteiger partial charge on any atom is -0.493 e. The Labute approximate surface area is 129 Å². The molecule has 0 unspecified atom stereocenters. The molecule has 1 nitrogen and oxygen atoms in total. The van der Waals surface area contributed by atoms with E-state index in [1.165, 1.54) is 5.56 Å². The van der Waals surface area contributed by atoms with Gasteiger partial charge in [-0.15, -0.1) is 43.1 Å². The molecule has 0 spiro atoms. The number of hydrogen-bond acceptors (Lipinski definition) is 3. The van der Waals surface area contributed by atoms with Crippen LogP contribution in [-0.2, 0) is 4.08 Å². The fourth-order valence-corrected chi connectivity index (χ4v) is 4.80. The molecule has 0 saturated heterocycles. The predicted molar refractivity (Wildman–Crippen MR) is 91.5 cm³/mol. The maximum absolute atomic E-state index is 5.79. The Hall–Kier alpha value is -1.24. The van der Waals surface area contributed by atoms with Crippen LogP contribution in [0.4, 0.5) is 0 Å². The SMILES string of the molecule is C#Cc1ccc2c(c1)C(SCC=C)(SCC=C)CCO2. The van der Waals surface area contributed by atoms with Crippen molar-refractivity contribution in [1.82, 2.24) is 0 Å². The van der Waals surface area contributed by atoms with Crippen LogP contribution in [0.5, 0.6) is 5.75 Å². The van der Waals surface area contributed by atoms with Gasteiger partial charge in [0.15, 0.2) is 0 Å². The summed E-state index contributed by atoms with van der Waals surface area (Å²) in [5.74, 6) is 5.47. The molecule has 1 heterocycles. The van der Waals surface area contributed by atoms with Crippen LogP contribution in [0.3, 0.4) is 0 Å². The van der Waals surface area contributed by atoms with E-state index in [2.05, 4.69) is 25.1 Å². The number of ether oxygens (including phenoxy) is 1. The van der Waals surface area contributed by atoms with Crippen LogP contribution in [0.1, 0.15) is 17.5 Å². The first-order valence-electron chi connectivity index (χ1n) is 6.49. The highest BCUT2D eigenvalue weighted by Crippen LogP contribution is 2.54. The van der Waals surface area contributed by atoms with E-state index in [9.17, 15) is 0 Å². The Morgan fingerprint density at radius 3 is 2.60 bits per heavy atom. The number of hydrogen-bond donors (Lipinski definition) is 0. The molecule has 3 heteroatoms. The molecule has 20 heavy (non-hydrogen) atoms. The van der Waals surface area contributed by atoms with Gasteiger partial charge in [-0.1, -0.05) is 18.1 Å². The normalized spacial score (nSPS) is 15.6. The summed E-state index contributed by atoms with van der Waals surface area (Å²) >= 11 is 3.79. The van der Waals surface area contributed by atoms with E-state index in [1.54, 1.807) is 0 Å². The van der Waals surface area contributed by atoms with Gasteiger partial charge in [-0.25, -0.2) is 0 Å². The summed E-state index contributed by atoms with van der Waals surface area (Å²) in [7, 11) is 0. The van der Waals surface area contributed by atoms with Crippen LogP contribution >= 0.6 is 23.5 Å². The van der Waals surface area contributed by atoms with E-state index < -0.39 is 0 Å². The van der Waals surface area contributed by atoms with Crippen LogP contribution in [-0.4, -0.2) is 18.1 Å². The first-order chi connectivity index (χ1) is 9.75. The zero-order chi connectivity index (χ0) is 14.4. The summed E-state index contributed by atoms with van der Waals surface area (Å²) in [5, 5.41) is 0. The van der Waals surface area contributed by atoms with Crippen molar-refractivity contribution in [2.45, 2.75) is 10.5 Å². The second kappa shape index (κ2) is 6.97. The second-order valence-electron chi connectivity index (χ2n) is 4.41. The van der Waals surface area contributed by atoms with E-state index in [0.717, 1.165) is 35.8 Å². The first kappa shape index (κ1) is 15.2. The van der Waals surface area contributed by atoms with Crippen molar-refractivity contribution in [1.29, 1.82) is 0 Å². The third kappa shape index (κ3) is 3.08. The third-order valence-corrected chi connectivity index (χ3v) is 6.41. The largest absolute Gasteiger partial charge is 0.493 e. The Morgan fingerprint density at radius 2 is 2.00 bits per heavy atom. The highest BCUT2D eigenvalue weighted by Gasteiger charge is 2.38. The molecule has 0 fully saturated rings. The molecule has 0 aliphatic carbocycles. The van der Waals surface area contributed by atoms with Crippen LogP contribution in [0.25, 0.3) is 0 Å². The van der Waals surface area contributed by atoms with Gasteiger partial charge in [-0.05, 0) is 18.2 Å². The van der Waals surface area contributed by atoms with Gasteiger partial charge in [-0.3, -0.25) is 0 Å². The predicted octanol–water partition coefficient (Wildman–Crippen LogP) is 4.44. The molecule has 1 aromatic carbocycles. The van der Waals surface area contributed by atoms with Crippen LogP contribution < -0.4 is 4.74 Å². The van der Waals surface area contributed by atoms with E-state index in [1.807, 2.05) is 47.8 Å². The Bertz CT molecular complexity index is 530. The van der Waals surface area contributed by atoms with Gasteiger partial charge in [0.2, 0.25) is 0 Å². The average Bonchev–Trinajstić information content (AvgIpc) is 2.50. The van der Waals surface area contributed by atoms with Gasteiger partial charge in [0.25, 0.3) is 0 Å². The van der Waals surface area contributed by atoms with E-state index in [0.29, 0.717) is 0 Å². The Morgan fingerprint density at radius 1 is 1.30 bits per heavy atom. The van der Waals surface area contributed by atoms with Crippen LogP contribution in [0.15, 0.2) is 43.5 Å². The molecule has 0 bridgehead atoms. The summed E-state index contributed by atoms with van der Waals surface area (Å²) in [4.78, 5) is 0. The lowest BCUT2D eigenvalue weighted by Gasteiger charge is -2.37. The lowest BCUT2D eigenvalue weighted by molar-refractivity contribution is 0.280. The van der Waals surface area contributed by atoms with Crippen LogP contribution in [0, 0.1) is 12.3 Å². The van der Waals surface area contributed by atoms with Crippen molar-refractivity contribution in [3.63, 3.8) is 0 Å². The smallest absolute Gasteiger partial charge is 0.124 e. The van der Waals surface area contributed by atoms with Crippen LogP contribution in [0.2, 0.25) is 0 Å². The van der Waals surface area contributed by atoms with Gasteiger partial charge in [0.05, 0.1) is 10.7 Å². The molecular weight excluding hydrogens is 284 g/mol. The standard InChI is InChI=1S/C17H18OS2/c1-4-11-19-17(20-12-5-2)9-10-18-16-8-7-14(6-3)13-15(16)17/h3-5,7-8,13H,1-2,9-12H2. The summed E-state index contributed by atoms with van der Waals surface area (Å²) in [6.45, 7) is 8.40. The third-order valence-electron chi connectivity index (χ3n) is 3.11. The Kier molecular flexibility index (Phi) is 5.28. The zero-order valence-corrected chi connectivity index (χ0v) is 13.1. The topological polar surface area (TPSA) is 9.23 Å². The minimum absolute atomic E-state index is 0.0250. The van der Waals surface area contributed by atoms with E-state index >= 15 is 0 Å². The molecule has 0 amide bonds. The fourth-order valence-electron chi connectivity index (χ4n) is 2.20. The average molecular weight is 302 g/mol. The minimum atomic E-state index is -0.0250. The van der Waals surface area contributed by atoms with Crippen molar-refractivity contribution in [3.8, 4) is 18.1 Å². The number of fused-ring (bicyclic) bond motifs is 1. The summed E-state index contributed by atoms with van der Waals surface area (Å²) < 4.78 is 5.77. The number of rotatable bonds is 6. The van der Waals surface area contributed by atoms with Crippen molar-refractivity contribution in [2.75, 3.05) is 18.1 Å². The molecule has 0 N–H and O–H groups in total. The summed E-state index contributed by atoms with van der Waals surface area (Å²) in [6.07, 6.45) is 10.4. The molecular formula is C17H18OS2. The molecule has 1 aromatic rings. The Balaban J connectivity index is 2.44. The maximum atomic E-state index is 5.79. The van der Waals surface area contributed by atoms with Gasteiger partial charge < -0.3 is 4.74 Å². The lowest BCUT2D eigenvalue weighted by atomic mass is 10.0. The molecule has 2 rings (SSSR count). The van der Waals surface area contributed by atoms with Crippen molar-refractivity contribution < 1.29 is 4.74 Å². The van der Waals surface area contributed by atoms with E-state index in [4.69, 9.17) is 11.2 Å². The quantitative estimate of drug-likeness (QED) is 0.437. The summed E-state index contributed by atoms with van der Waals surface area (Å²) in [5.41, 5.74) is 2.09.